The van der Waals surface area contributed by atoms with Gasteiger partial charge in [0.25, 0.3) is 0 Å². The molecule has 1 unspecified atom stereocenters. The Bertz CT molecular complexity index is 721. The lowest BCUT2D eigenvalue weighted by atomic mass is 9.88. The molecule has 1 atom stereocenters. The van der Waals surface area contributed by atoms with Crippen molar-refractivity contribution in [2.24, 2.45) is 5.92 Å². The molecule has 120 valence electrons. The fraction of sp³-hybridized carbons (Fsp3) is 0.353. The van der Waals surface area contributed by atoms with Crippen molar-refractivity contribution < 1.29 is 9.13 Å². The van der Waals surface area contributed by atoms with E-state index in [2.05, 4.69) is 10.4 Å². The first kappa shape index (κ1) is 14.9. The lowest BCUT2D eigenvalue weighted by molar-refractivity contribution is 0.0550. The highest BCUT2D eigenvalue weighted by Crippen LogP contribution is 2.43. The largest absolute Gasteiger partial charge is 0.381 e. The van der Waals surface area contributed by atoms with Crippen LogP contribution in [0.2, 0.25) is 5.02 Å². The normalized spacial score (nSPS) is 21.5. The van der Waals surface area contributed by atoms with Crippen LogP contribution in [-0.4, -0.2) is 18.2 Å². The lowest BCUT2D eigenvalue weighted by Crippen LogP contribution is -2.35. The van der Waals surface area contributed by atoms with E-state index in [1.165, 1.54) is 6.07 Å². The zero-order chi connectivity index (χ0) is 15.8. The highest BCUT2D eigenvalue weighted by atomic mass is 35.5. The summed E-state index contributed by atoms with van der Waals surface area (Å²) in [5, 5.41) is 2.17. The maximum Gasteiger partial charge on any atom is 0.149 e. The van der Waals surface area contributed by atoms with Gasteiger partial charge in [-0.3, -0.25) is 9.99 Å². The second-order valence-electron chi connectivity index (χ2n) is 5.92. The number of anilines is 2. The number of halogens is 2. The summed E-state index contributed by atoms with van der Waals surface area (Å²) in [6.45, 7) is 1.55. The zero-order valence-electron chi connectivity index (χ0n) is 12.5. The third kappa shape index (κ3) is 2.69. The Morgan fingerprint density at radius 3 is 2.83 bits per heavy atom. The fourth-order valence-electron chi connectivity index (χ4n) is 3.40. The van der Waals surface area contributed by atoms with Crippen LogP contribution in [0.3, 0.4) is 0 Å². The highest BCUT2D eigenvalue weighted by molar-refractivity contribution is 6.30. The van der Waals surface area contributed by atoms with Gasteiger partial charge in [-0.1, -0.05) is 11.6 Å². The molecule has 0 aliphatic carbocycles. The first-order valence-electron chi connectivity index (χ1n) is 7.77. The quantitative estimate of drug-likeness (QED) is 0.901. The number of fused-ring (bicyclic) bond motifs is 1. The second kappa shape index (κ2) is 6.07. The van der Waals surface area contributed by atoms with Crippen LogP contribution in [0.15, 0.2) is 36.7 Å². The predicted octanol–water partition coefficient (Wildman–Crippen LogP) is 4.00. The molecule has 2 aromatic rings. The standard InChI is InChI=1S/C17H17ClFN3O/c18-12-1-2-15(14(19)9-12)22-16-10-20-6-3-13(16)17(21-22)11-4-7-23-8-5-11/h1-3,6,9-11,17,21H,4-5,7-8H2. The van der Waals surface area contributed by atoms with Crippen molar-refractivity contribution in [3.8, 4) is 0 Å². The van der Waals surface area contributed by atoms with Crippen LogP contribution in [0.25, 0.3) is 0 Å². The van der Waals surface area contributed by atoms with Gasteiger partial charge in [0.2, 0.25) is 0 Å². The number of rotatable bonds is 2. The highest BCUT2D eigenvalue weighted by Gasteiger charge is 2.36. The molecular formula is C17H17ClFN3O. The van der Waals surface area contributed by atoms with Crippen molar-refractivity contribution in [3.63, 3.8) is 0 Å². The number of hydrogen-bond donors (Lipinski definition) is 1. The van der Waals surface area contributed by atoms with Crippen molar-refractivity contribution in [2.45, 2.75) is 18.9 Å². The van der Waals surface area contributed by atoms with Crippen molar-refractivity contribution in [2.75, 3.05) is 18.2 Å². The first-order valence-corrected chi connectivity index (χ1v) is 8.15. The van der Waals surface area contributed by atoms with Crippen LogP contribution in [-0.2, 0) is 4.74 Å². The fourth-order valence-corrected chi connectivity index (χ4v) is 3.55. The van der Waals surface area contributed by atoms with Gasteiger partial charge in [-0.25, -0.2) is 9.82 Å². The number of nitrogens with zero attached hydrogens (tertiary/aromatic N) is 2. The molecule has 4 nitrogen and oxygen atoms in total. The number of hydrazine groups is 1. The van der Waals surface area contributed by atoms with E-state index in [4.69, 9.17) is 16.3 Å². The molecule has 2 aliphatic heterocycles. The molecule has 0 radical (unpaired) electrons. The summed E-state index contributed by atoms with van der Waals surface area (Å²) in [4.78, 5) is 4.20. The molecule has 0 bridgehead atoms. The third-order valence-electron chi connectivity index (χ3n) is 4.56. The van der Waals surface area contributed by atoms with E-state index in [0.29, 0.717) is 16.6 Å². The van der Waals surface area contributed by atoms with Crippen LogP contribution in [0, 0.1) is 11.7 Å². The number of benzene rings is 1. The summed E-state index contributed by atoms with van der Waals surface area (Å²) in [6, 6.07) is 6.87. The molecule has 4 rings (SSSR count). The molecule has 6 heteroatoms. The average molecular weight is 334 g/mol. The molecule has 1 aromatic heterocycles. The smallest absolute Gasteiger partial charge is 0.149 e. The molecule has 1 fully saturated rings. The summed E-state index contributed by atoms with van der Waals surface area (Å²) in [7, 11) is 0. The maximum absolute atomic E-state index is 14.4. The molecule has 1 saturated heterocycles. The van der Waals surface area contributed by atoms with Gasteiger partial charge >= 0.3 is 0 Å². The number of ether oxygens (including phenoxy) is 1. The molecule has 1 N–H and O–H groups in total. The minimum Gasteiger partial charge on any atom is -0.381 e. The summed E-state index contributed by atoms with van der Waals surface area (Å²) < 4.78 is 19.8. The van der Waals surface area contributed by atoms with Crippen molar-refractivity contribution in [1.29, 1.82) is 0 Å². The Morgan fingerprint density at radius 1 is 1.22 bits per heavy atom. The molecular weight excluding hydrogens is 317 g/mol. The summed E-state index contributed by atoms with van der Waals surface area (Å²) in [6.07, 6.45) is 5.55. The summed E-state index contributed by atoms with van der Waals surface area (Å²) in [5.41, 5.74) is 5.96. The van der Waals surface area contributed by atoms with E-state index in [1.807, 2.05) is 6.07 Å². The van der Waals surface area contributed by atoms with Gasteiger partial charge in [0.15, 0.2) is 0 Å². The molecule has 3 heterocycles. The SMILES string of the molecule is Fc1cc(Cl)ccc1N1NC(C2CCOCC2)c2ccncc21. The summed E-state index contributed by atoms with van der Waals surface area (Å²) >= 11 is 5.87. The van der Waals surface area contributed by atoms with Crippen LogP contribution in [0.5, 0.6) is 0 Å². The Balaban J connectivity index is 1.72. The van der Waals surface area contributed by atoms with Gasteiger partial charge in [0.05, 0.1) is 23.6 Å². The van der Waals surface area contributed by atoms with Gasteiger partial charge in [0, 0.05) is 24.4 Å². The Hall–Kier alpha value is -1.69. The van der Waals surface area contributed by atoms with Crippen LogP contribution in [0.4, 0.5) is 15.8 Å². The van der Waals surface area contributed by atoms with Crippen molar-refractivity contribution in [1.82, 2.24) is 10.4 Å². The van der Waals surface area contributed by atoms with E-state index >= 15 is 0 Å². The topological polar surface area (TPSA) is 37.4 Å². The first-order chi connectivity index (χ1) is 11.2. The van der Waals surface area contributed by atoms with Crippen LogP contribution < -0.4 is 10.4 Å². The Morgan fingerprint density at radius 2 is 2.04 bits per heavy atom. The number of aromatic nitrogens is 1. The number of pyridine rings is 1. The van der Waals surface area contributed by atoms with Crippen molar-refractivity contribution in [3.05, 3.63) is 53.1 Å². The molecule has 0 saturated carbocycles. The van der Waals surface area contributed by atoms with E-state index in [-0.39, 0.29) is 11.9 Å². The zero-order valence-corrected chi connectivity index (χ0v) is 13.3. The van der Waals surface area contributed by atoms with Gasteiger partial charge in [-0.15, -0.1) is 0 Å². The second-order valence-corrected chi connectivity index (χ2v) is 6.36. The number of hydrogen-bond acceptors (Lipinski definition) is 4. The molecule has 23 heavy (non-hydrogen) atoms. The summed E-state index contributed by atoms with van der Waals surface area (Å²) in [5.74, 6) is 0.109. The number of nitrogens with one attached hydrogen (secondary N) is 1. The average Bonchev–Trinajstić information content (AvgIpc) is 2.95. The predicted molar refractivity (Wildman–Crippen MR) is 87.2 cm³/mol. The molecule has 1 aromatic carbocycles. The van der Waals surface area contributed by atoms with Gasteiger partial charge in [-0.2, -0.15) is 0 Å². The molecule has 2 aliphatic rings. The minimum atomic E-state index is -0.354. The van der Waals surface area contributed by atoms with Gasteiger partial charge in [-0.05, 0) is 48.6 Å². The minimum absolute atomic E-state index is 0.145. The van der Waals surface area contributed by atoms with Crippen molar-refractivity contribution >= 4 is 23.0 Å². The molecule has 0 spiro atoms. The van der Waals surface area contributed by atoms with Gasteiger partial charge < -0.3 is 4.74 Å². The maximum atomic E-state index is 14.4. The monoisotopic (exact) mass is 333 g/mol. The van der Waals surface area contributed by atoms with Crippen LogP contribution >= 0.6 is 11.6 Å². The van der Waals surface area contributed by atoms with E-state index < -0.39 is 0 Å². The lowest BCUT2D eigenvalue weighted by Gasteiger charge is -2.29. The Labute approximate surface area is 139 Å². The molecule has 0 amide bonds. The van der Waals surface area contributed by atoms with E-state index in [9.17, 15) is 4.39 Å². The van der Waals surface area contributed by atoms with E-state index in [1.54, 1.807) is 29.5 Å². The van der Waals surface area contributed by atoms with E-state index in [0.717, 1.165) is 37.3 Å². The third-order valence-corrected chi connectivity index (χ3v) is 4.80. The van der Waals surface area contributed by atoms with Gasteiger partial charge in [0.1, 0.15) is 5.82 Å². The van der Waals surface area contributed by atoms with Crippen LogP contribution in [0.1, 0.15) is 24.4 Å². The Kier molecular flexibility index (Phi) is 3.93.